The molecule has 1 N–H and O–H groups in total. The number of fused-ring (bicyclic) bond motifs is 1. The SMILES string of the molecule is CCC1CC(=O)N(c2cccc3c(Oc4ncccc4-c4ccnc(N[C@H]5CCCN(C(=O)OC(C)(C)C)C5)n4)c(C)ccc23)C1. The summed E-state index contributed by atoms with van der Waals surface area (Å²) in [5.41, 5.74) is 2.70. The molecule has 2 aliphatic rings. The van der Waals surface area contributed by atoms with Gasteiger partial charge in [0.25, 0.3) is 0 Å². The number of pyridine rings is 1. The Balaban J connectivity index is 1.25. The van der Waals surface area contributed by atoms with Gasteiger partial charge in [-0.2, -0.15) is 0 Å². The van der Waals surface area contributed by atoms with Crippen molar-refractivity contribution in [1.29, 1.82) is 0 Å². The molecule has 2 aromatic carbocycles. The highest BCUT2D eigenvalue weighted by Gasteiger charge is 2.31. The van der Waals surface area contributed by atoms with Gasteiger partial charge in [0, 0.05) is 55.3 Å². The Labute approximate surface area is 270 Å². The number of carbonyl (C=O) groups is 2. The van der Waals surface area contributed by atoms with Crippen molar-refractivity contribution >= 4 is 34.4 Å². The van der Waals surface area contributed by atoms with Crippen LogP contribution in [-0.2, 0) is 9.53 Å². The van der Waals surface area contributed by atoms with E-state index in [0.29, 0.717) is 48.7 Å². The van der Waals surface area contributed by atoms with Crippen molar-refractivity contribution in [2.24, 2.45) is 5.92 Å². The molecule has 2 saturated heterocycles. The van der Waals surface area contributed by atoms with E-state index in [1.54, 1.807) is 17.3 Å². The predicted molar refractivity (Wildman–Crippen MR) is 179 cm³/mol. The zero-order chi connectivity index (χ0) is 32.4. The number of ether oxygens (including phenoxy) is 2. The zero-order valence-corrected chi connectivity index (χ0v) is 27.2. The van der Waals surface area contributed by atoms with Gasteiger partial charge in [0.2, 0.25) is 17.7 Å². The number of nitrogens with zero attached hydrogens (tertiary/aromatic N) is 5. The van der Waals surface area contributed by atoms with E-state index in [1.807, 2.05) is 75.1 Å². The van der Waals surface area contributed by atoms with E-state index in [2.05, 4.69) is 28.3 Å². The van der Waals surface area contributed by atoms with Crippen molar-refractivity contribution in [1.82, 2.24) is 19.9 Å². The van der Waals surface area contributed by atoms with Crippen LogP contribution in [0.15, 0.2) is 60.9 Å². The van der Waals surface area contributed by atoms with E-state index >= 15 is 0 Å². The average Bonchev–Trinajstić information content (AvgIpc) is 3.42. The third-order valence-electron chi connectivity index (χ3n) is 8.57. The standard InChI is InChI=1S/C36H42N6O4/c1-6-24-20-31(43)42(21-24)30-13-7-11-27-26(30)15-14-23(2)32(27)45-33-28(12-8-17-37-33)29-16-18-38-34(40-29)39-25-10-9-19-41(22-25)35(44)46-36(3,4)5/h7-8,11-18,24-25H,6,9-10,19-22H2,1-5H3,(H,38,39,40)/t24?,25-/m0/s1. The minimum Gasteiger partial charge on any atom is -0.444 e. The summed E-state index contributed by atoms with van der Waals surface area (Å²) in [6, 6.07) is 15.7. The Morgan fingerprint density at radius 1 is 1.02 bits per heavy atom. The minimum absolute atomic E-state index is 0.0104. The largest absolute Gasteiger partial charge is 0.444 e. The van der Waals surface area contributed by atoms with Crippen LogP contribution in [0.5, 0.6) is 11.6 Å². The predicted octanol–water partition coefficient (Wildman–Crippen LogP) is 7.37. The first-order valence-corrected chi connectivity index (χ1v) is 16.1. The number of amides is 2. The normalized spacial score (nSPS) is 18.6. The fraction of sp³-hybridized carbons (Fsp3) is 0.417. The molecule has 0 bridgehead atoms. The lowest BCUT2D eigenvalue weighted by atomic mass is 10.0. The van der Waals surface area contributed by atoms with Gasteiger partial charge in [-0.15, -0.1) is 0 Å². The molecule has 240 valence electrons. The van der Waals surface area contributed by atoms with Crippen molar-refractivity contribution in [2.45, 2.75) is 71.9 Å². The van der Waals surface area contributed by atoms with Gasteiger partial charge >= 0.3 is 6.09 Å². The topological polar surface area (TPSA) is 110 Å². The zero-order valence-electron chi connectivity index (χ0n) is 27.2. The third kappa shape index (κ3) is 6.76. The van der Waals surface area contributed by atoms with Crippen LogP contribution in [0.1, 0.15) is 58.9 Å². The Morgan fingerprint density at radius 3 is 2.65 bits per heavy atom. The highest BCUT2D eigenvalue weighted by Crippen LogP contribution is 2.40. The van der Waals surface area contributed by atoms with Crippen LogP contribution in [0.2, 0.25) is 0 Å². The summed E-state index contributed by atoms with van der Waals surface area (Å²) in [5, 5.41) is 5.30. The van der Waals surface area contributed by atoms with Gasteiger partial charge < -0.3 is 24.6 Å². The summed E-state index contributed by atoms with van der Waals surface area (Å²) < 4.78 is 12.2. The molecule has 4 heterocycles. The van der Waals surface area contributed by atoms with Crippen LogP contribution in [0.25, 0.3) is 22.0 Å². The number of likely N-dealkylation sites (tertiary alicyclic amines) is 1. The Morgan fingerprint density at radius 2 is 1.87 bits per heavy atom. The molecule has 2 aromatic heterocycles. The van der Waals surface area contributed by atoms with Crippen LogP contribution in [-0.4, -0.2) is 63.1 Å². The number of carbonyl (C=O) groups excluding carboxylic acids is 2. The van der Waals surface area contributed by atoms with E-state index in [1.165, 1.54) is 0 Å². The van der Waals surface area contributed by atoms with Gasteiger partial charge in [-0.3, -0.25) is 4.79 Å². The number of piperidine rings is 1. The van der Waals surface area contributed by atoms with Crippen LogP contribution >= 0.6 is 0 Å². The van der Waals surface area contributed by atoms with E-state index in [0.717, 1.165) is 53.4 Å². The molecule has 1 unspecified atom stereocenters. The summed E-state index contributed by atoms with van der Waals surface area (Å²) in [4.78, 5) is 43.2. The number of aryl methyl sites for hydroxylation is 1. The minimum atomic E-state index is -0.545. The van der Waals surface area contributed by atoms with Crippen LogP contribution < -0.4 is 15.0 Å². The van der Waals surface area contributed by atoms with Crippen LogP contribution in [0.3, 0.4) is 0 Å². The smallest absolute Gasteiger partial charge is 0.410 e. The van der Waals surface area contributed by atoms with Gasteiger partial charge in [0.1, 0.15) is 11.4 Å². The maximum absolute atomic E-state index is 12.9. The highest BCUT2D eigenvalue weighted by atomic mass is 16.6. The molecule has 0 saturated carbocycles. The number of hydrogen-bond donors (Lipinski definition) is 1. The number of hydrogen-bond acceptors (Lipinski definition) is 8. The second-order valence-corrected chi connectivity index (χ2v) is 13.2. The molecule has 0 radical (unpaired) electrons. The molecule has 6 rings (SSSR count). The molecule has 0 aliphatic carbocycles. The fourth-order valence-corrected chi connectivity index (χ4v) is 6.19. The molecule has 2 atom stereocenters. The molecule has 10 heteroatoms. The summed E-state index contributed by atoms with van der Waals surface area (Å²) in [6.07, 6.45) is 6.41. The summed E-state index contributed by atoms with van der Waals surface area (Å²) in [7, 11) is 0. The maximum atomic E-state index is 12.9. The van der Waals surface area contributed by atoms with Crippen molar-refractivity contribution in [2.75, 3.05) is 29.9 Å². The van der Waals surface area contributed by atoms with Crippen LogP contribution in [0, 0.1) is 12.8 Å². The Bertz CT molecular complexity index is 1750. The van der Waals surface area contributed by atoms with Gasteiger partial charge in [-0.05, 0) is 76.3 Å². The van der Waals surface area contributed by atoms with E-state index < -0.39 is 5.60 Å². The summed E-state index contributed by atoms with van der Waals surface area (Å²) in [5.74, 6) is 2.11. The molecular formula is C36H42N6O4. The first-order chi connectivity index (χ1) is 22.1. The number of nitrogens with one attached hydrogen (secondary N) is 1. The highest BCUT2D eigenvalue weighted by molar-refractivity contribution is 6.06. The number of aromatic nitrogens is 3. The van der Waals surface area contributed by atoms with Crippen molar-refractivity contribution in [3.63, 3.8) is 0 Å². The fourth-order valence-electron chi connectivity index (χ4n) is 6.19. The quantitative estimate of drug-likeness (QED) is 0.228. The summed E-state index contributed by atoms with van der Waals surface area (Å²) >= 11 is 0. The maximum Gasteiger partial charge on any atom is 0.410 e. The molecule has 10 nitrogen and oxygen atoms in total. The summed E-state index contributed by atoms with van der Waals surface area (Å²) in [6.45, 7) is 11.7. The van der Waals surface area contributed by atoms with Gasteiger partial charge in [-0.1, -0.05) is 37.6 Å². The lowest BCUT2D eigenvalue weighted by Crippen LogP contribution is -2.47. The van der Waals surface area contributed by atoms with Crippen molar-refractivity contribution in [3.8, 4) is 22.9 Å². The Kier molecular flexibility index (Phi) is 8.80. The molecule has 46 heavy (non-hydrogen) atoms. The van der Waals surface area contributed by atoms with E-state index in [4.69, 9.17) is 14.5 Å². The van der Waals surface area contributed by atoms with Gasteiger partial charge in [0.15, 0.2) is 0 Å². The third-order valence-corrected chi connectivity index (χ3v) is 8.57. The van der Waals surface area contributed by atoms with E-state index in [-0.39, 0.29) is 18.0 Å². The number of benzene rings is 2. The Hall–Kier alpha value is -4.73. The average molecular weight is 623 g/mol. The second kappa shape index (κ2) is 12.9. The van der Waals surface area contributed by atoms with Crippen molar-refractivity contribution < 1.29 is 19.1 Å². The lowest BCUT2D eigenvalue weighted by Gasteiger charge is -2.34. The van der Waals surface area contributed by atoms with E-state index in [9.17, 15) is 9.59 Å². The molecule has 2 aliphatic heterocycles. The number of rotatable bonds is 7. The first kappa shape index (κ1) is 31.3. The molecule has 2 amide bonds. The van der Waals surface area contributed by atoms with Gasteiger partial charge in [0.05, 0.1) is 16.9 Å². The second-order valence-electron chi connectivity index (χ2n) is 13.2. The molecule has 2 fully saturated rings. The molecular weight excluding hydrogens is 580 g/mol. The number of anilines is 2. The van der Waals surface area contributed by atoms with Gasteiger partial charge in [-0.25, -0.2) is 19.7 Å². The molecule has 4 aromatic rings. The van der Waals surface area contributed by atoms with Crippen molar-refractivity contribution in [3.05, 3.63) is 66.5 Å². The first-order valence-electron chi connectivity index (χ1n) is 16.1. The molecule has 0 spiro atoms. The van der Waals surface area contributed by atoms with Crippen LogP contribution in [0.4, 0.5) is 16.4 Å². The monoisotopic (exact) mass is 622 g/mol. The lowest BCUT2D eigenvalue weighted by molar-refractivity contribution is -0.117.